The first-order chi connectivity index (χ1) is 7.22. The van der Waals surface area contributed by atoms with E-state index < -0.39 is 29.3 Å². The van der Waals surface area contributed by atoms with Gasteiger partial charge in [-0.3, -0.25) is 0 Å². The van der Waals surface area contributed by atoms with Crippen LogP contribution >= 0.6 is 15.9 Å². The fourth-order valence-electron chi connectivity index (χ4n) is 0.970. The van der Waals surface area contributed by atoms with Gasteiger partial charge in [0.15, 0.2) is 5.75 Å². The zero-order valence-electron chi connectivity index (χ0n) is 7.51. The summed E-state index contributed by atoms with van der Waals surface area (Å²) in [5.41, 5.74) is 4.22. The molecule has 0 spiro atoms. The molecular weight excluding hydrogens is 295 g/mol. The van der Waals surface area contributed by atoms with E-state index in [1.165, 1.54) is 6.07 Å². The second-order valence-corrected chi connectivity index (χ2v) is 3.55. The molecule has 0 radical (unpaired) electrons. The molecule has 0 bridgehead atoms. The Morgan fingerprint density at radius 3 is 2.44 bits per heavy atom. The van der Waals surface area contributed by atoms with Gasteiger partial charge in [0, 0.05) is 4.47 Å². The molecule has 0 saturated heterocycles. The van der Waals surface area contributed by atoms with Crippen LogP contribution in [0, 0.1) is 0 Å². The predicted octanol–water partition coefficient (Wildman–Crippen LogP) is 2.63. The van der Waals surface area contributed by atoms with Gasteiger partial charge in [0.1, 0.15) is 5.56 Å². The topological polar surface area (TPSA) is 72.6 Å². The normalized spacial score (nSPS) is 11.2. The molecule has 0 aliphatic carbocycles. The highest BCUT2D eigenvalue weighted by Crippen LogP contribution is 2.36. The summed E-state index contributed by atoms with van der Waals surface area (Å²) in [6.45, 7) is 0. The molecule has 1 rings (SSSR count). The summed E-state index contributed by atoms with van der Waals surface area (Å²) < 4.78 is 39.7. The van der Waals surface area contributed by atoms with Crippen LogP contribution < -0.4 is 10.5 Å². The molecule has 0 saturated carbocycles. The molecule has 1 aromatic rings. The highest BCUT2D eigenvalue weighted by molar-refractivity contribution is 9.10. The van der Waals surface area contributed by atoms with Crippen molar-refractivity contribution in [3.8, 4) is 5.75 Å². The molecule has 0 aromatic heterocycles. The summed E-state index contributed by atoms with van der Waals surface area (Å²) in [4.78, 5) is 10.7. The van der Waals surface area contributed by atoms with Crippen molar-refractivity contribution >= 4 is 27.6 Å². The molecule has 16 heavy (non-hydrogen) atoms. The van der Waals surface area contributed by atoms with E-state index in [2.05, 4.69) is 20.7 Å². The van der Waals surface area contributed by atoms with Crippen molar-refractivity contribution in [3.05, 3.63) is 22.2 Å². The van der Waals surface area contributed by atoms with Crippen molar-refractivity contribution in [3.63, 3.8) is 0 Å². The third-order valence-electron chi connectivity index (χ3n) is 1.59. The van der Waals surface area contributed by atoms with Crippen LogP contribution in [-0.4, -0.2) is 17.4 Å². The van der Waals surface area contributed by atoms with Gasteiger partial charge in [-0.25, -0.2) is 4.79 Å². The Morgan fingerprint density at radius 2 is 2.00 bits per heavy atom. The number of benzene rings is 1. The minimum Gasteiger partial charge on any atom is -0.478 e. The molecule has 0 heterocycles. The van der Waals surface area contributed by atoms with Crippen LogP contribution in [0.3, 0.4) is 0 Å². The number of hydrogen-bond acceptors (Lipinski definition) is 3. The van der Waals surface area contributed by atoms with Crippen LogP contribution in [0.1, 0.15) is 10.4 Å². The van der Waals surface area contributed by atoms with Gasteiger partial charge in [-0.1, -0.05) is 0 Å². The molecule has 0 atom stereocenters. The number of carboxylic acid groups (broad SMARTS) is 1. The zero-order valence-corrected chi connectivity index (χ0v) is 9.09. The number of carboxylic acids is 1. The first-order valence-electron chi connectivity index (χ1n) is 3.79. The lowest BCUT2D eigenvalue weighted by molar-refractivity contribution is -0.274. The molecule has 88 valence electrons. The van der Waals surface area contributed by atoms with Crippen LogP contribution in [0.4, 0.5) is 18.9 Å². The molecule has 0 amide bonds. The number of hydrogen-bond donors (Lipinski definition) is 2. The van der Waals surface area contributed by atoms with E-state index in [0.29, 0.717) is 0 Å². The summed E-state index contributed by atoms with van der Waals surface area (Å²) in [6.07, 6.45) is -5.00. The molecular formula is C8H5BrF3NO3. The van der Waals surface area contributed by atoms with E-state index in [0.717, 1.165) is 6.07 Å². The number of ether oxygens (including phenoxy) is 1. The molecule has 0 aliphatic heterocycles. The lowest BCUT2D eigenvalue weighted by atomic mass is 10.2. The minimum atomic E-state index is -5.00. The standard InChI is InChI=1S/C8H5BrF3NO3/c9-4-2-1-3(7(14)15)6(5(4)13)16-8(10,11)12/h1-2H,13H2,(H,14,15). The number of carbonyl (C=O) groups is 1. The van der Waals surface area contributed by atoms with Gasteiger partial charge in [0.25, 0.3) is 0 Å². The van der Waals surface area contributed by atoms with E-state index in [1.807, 2.05) is 0 Å². The maximum Gasteiger partial charge on any atom is 0.573 e. The largest absolute Gasteiger partial charge is 0.573 e. The Labute approximate surface area is 95.9 Å². The molecule has 0 fully saturated rings. The maximum absolute atomic E-state index is 12.0. The van der Waals surface area contributed by atoms with Crippen molar-refractivity contribution < 1.29 is 27.8 Å². The van der Waals surface area contributed by atoms with Gasteiger partial charge in [-0.2, -0.15) is 0 Å². The van der Waals surface area contributed by atoms with Crippen molar-refractivity contribution in [2.24, 2.45) is 0 Å². The van der Waals surface area contributed by atoms with E-state index in [1.54, 1.807) is 0 Å². The third-order valence-corrected chi connectivity index (χ3v) is 2.28. The zero-order chi connectivity index (χ0) is 12.5. The number of halogens is 4. The lowest BCUT2D eigenvalue weighted by Gasteiger charge is -2.14. The lowest BCUT2D eigenvalue weighted by Crippen LogP contribution is -2.20. The molecule has 0 unspecified atom stereocenters. The smallest absolute Gasteiger partial charge is 0.478 e. The second-order valence-electron chi connectivity index (χ2n) is 2.69. The third kappa shape index (κ3) is 2.78. The van der Waals surface area contributed by atoms with Crippen molar-refractivity contribution in [1.29, 1.82) is 0 Å². The average molecular weight is 300 g/mol. The second kappa shape index (κ2) is 4.20. The Hall–Kier alpha value is -1.44. The number of rotatable bonds is 2. The van der Waals surface area contributed by atoms with E-state index in [4.69, 9.17) is 10.8 Å². The van der Waals surface area contributed by atoms with Crippen LogP contribution in [0.5, 0.6) is 5.75 Å². The van der Waals surface area contributed by atoms with E-state index in [9.17, 15) is 18.0 Å². The van der Waals surface area contributed by atoms with Crippen molar-refractivity contribution in [1.82, 2.24) is 0 Å². The SMILES string of the molecule is Nc1c(Br)ccc(C(=O)O)c1OC(F)(F)F. The maximum atomic E-state index is 12.0. The highest BCUT2D eigenvalue weighted by Gasteiger charge is 2.34. The number of aromatic carboxylic acids is 1. The molecule has 3 N–H and O–H groups in total. The Kier molecular flexibility index (Phi) is 3.32. The van der Waals surface area contributed by atoms with Gasteiger partial charge in [-0.05, 0) is 28.1 Å². The fourth-order valence-corrected chi connectivity index (χ4v) is 1.28. The first-order valence-corrected chi connectivity index (χ1v) is 4.58. The number of anilines is 1. The summed E-state index contributed by atoms with van der Waals surface area (Å²) in [6, 6.07) is 2.19. The minimum absolute atomic E-state index is 0.122. The summed E-state index contributed by atoms with van der Waals surface area (Å²) in [5, 5.41) is 8.66. The summed E-state index contributed by atoms with van der Waals surface area (Å²) in [7, 11) is 0. The molecule has 4 nitrogen and oxygen atoms in total. The van der Waals surface area contributed by atoms with Crippen molar-refractivity contribution in [2.75, 3.05) is 5.73 Å². The van der Waals surface area contributed by atoms with Crippen LogP contribution in [-0.2, 0) is 0 Å². The van der Waals surface area contributed by atoms with E-state index in [-0.39, 0.29) is 4.47 Å². The van der Waals surface area contributed by atoms with Gasteiger partial charge in [-0.15, -0.1) is 13.2 Å². The van der Waals surface area contributed by atoms with Gasteiger partial charge >= 0.3 is 12.3 Å². The first kappa shape index (κ1) is 12.6. The number of alkyl halides is 3. The Balaban J connectivity index is 3.32. The Bertz CT molecular complexity index is 433. The average Bonchev–Trinajstić information content (AvgIpc) is 2.10. The van der Waals surface area contributed by atoms with Crippen molar-refractivity contribution in [2.45, 2.75) is 6.36 Å². The highest BCUT2D eigenvalue weighted by atomic mass is 79.9. The fraction of sp³-hybridized carbons (Fsp3) is 0.125. The monoisotopic (exact) mass is 299 g/mol. The molecule has 1 aromatic carbocycles. The Morgan fingerprint density at radius 1 is 1.44 bits per heavy atom. The quantitative estimate of drug-likeness (QED) is 0.824. The summed E-state index contributed by atoms with van der Waals surface area (Å²) in [5.74, 6) is -2.48. The molecule has 8 heteroatoms. The number of nitrogens with two attached hydrogens (primary N) is 1. The van der Waals surface area contributed by atoms with Gasteiger partial charge < -0.3 is 15.6 Å². The van der Waals surface area contributed by atoms with E-state index >= 15 is 0 Å². The van der Waals surface area contributed by atoms with Gasteiger partial charge in [0.05, 0.1) is 5.69 Å². The molecule has 0 aliphatic rings. The van der Waals surface area contributed by atoms with Crippen LogP contribution in [0.15, 0.2) is 16.6 Å². The summed E-state index contributed by atoms with van der Waals surface area (Å²) >= 11 is 2.87. The number of nitrogen functional groups attached to an aromatic ring is 1. The van der Waals surface area contributed by atoms with Crippen LogP contribution in [0.2, 0.25) is 0 Å². The predicted molar refractivity (Wildman–Crippen MR) is 52.2 cm³/mol. The van der Waals surface area contributed by atoms with Crippen LogP contribution in [0.25, 0.3) is 0 Å². The van der Waals surface area contributed by atoms with Gasteiger partial charge in [0.2, 0.25) is 0 Å².